The maximum Gasteiger partial charge on any atom is 0.126 e. The molecule has 1 aromatic carbocycles. The first-order chi connectivity index (χ1) is 8.72. The van der Waals surface area contributed by atoms with Crippen molar-refractivity contribution in [3.63, 3.8) is 0 Å². The summed E-state index contributed by atoms with van der Waals surface area (Å²) in [5.74, 6) is 1.76. The second-order valence-corrected chi connectivity index (χ2v) is 5.49. The Bertz CT molecular complexity index is 349. The first-order valence-electron chi connectivity index (χ1n) is 7.00. The molecule has 1 rings (SSSR count). The Morgan fingerprint density at radius 2 is 2.06 bits per heavy atom. The van der Waals surface area contributed by atoms with Gasteiger partial charge in [-0.3, -0.25) is 0 Å². The van der Waals surface area contributed by atoms with Crippen LogP contribution in [-0.4, -0.2) is 6.61 Å². The maximum atomic E-state index is 6.08. The van der Waals surface area contributed by atoms with Gasteiger partial charge in [0.25, 0.3) is 0 Å². The summed E-state index contributed by atoms with van der Waals surface area (Å²) in [7, 11) is 0. The Balaban J connectivity index is 2.61. The maximum absolute atomic E-state index is 6.08. The topological polar surface area (TPSA) is 9.23 Å². The standard InChI is InChI=1S/C16H25BrO/c1-4-6-9-14(5-2)12-18-16-13(3)8-7-10-15(16)11-17/h7-8,10,14H,4-6,9,11-12H2,1-3H3. The van der Waals surface area contributed by atoms with Crippen molar-refractivity contribution in [2.75, 3.05) is 6.61 Å². The molecular weight excluding hydrogens is 288 g/mol. The summed E-state index contributed by atoms with van der Waals surface area (Å²) in [5.41, 5.74) is 2.48. The second-order valence-electron chi connectivity index (χ2n) is 4.92. The van der Waals surface area contributed by atoms with Crippen molar-refractivity contribution < 1.29 is 4.74 Å². The Kier molecular flexibility index (Phi) is 7.41. The monoisotopic (exact) mass is 312 g/mol. The third-order valence-electron chi connectivity index (χ3n) is 3.44. The van der Waals surface area contributed by atoms with E-state index < -0.39 is 0 Å². The number of benzene rings is 1. The van der Waals surface area contributed by atoms with E-state index in [9.17, 15) is 0 Å². The number of rotatable bonds is 8. The van der Waals surface area contributed by atoms with Gasteiger partial charge in [0.05, 0.1) is 6.61 Å². The van der Waals surface area contributed by atoms with E-state index in [-0.39, 0.29) is 0 Å². The minimum absolute atomic E-state index is 0.688. The van der Waals surface area contributed by atoms with Gasteiger partial charge in [0.15, 0.2) is 0 Å². The SMILES string of the molecule is CCCCC(CC)COc1c(C)cccc1CBr. The molecule has 0 amide bonds. The Labute approximate surface area is 120 Å². The van der Waals surface area contributed by atoms with E-state index in [1.807, 2.05) is 0 Å². The van der Waals surface area contributed by atoms with Gasteiger partial charge in [-0.2, -0.15) is 0 Å². The van der Waals surface area contributed by atoms with Gasteiger partial charge >= 0.3 is 0 Å². The van der Waals surface area contributed by atoms with Gasteiger partial charge in [-0.15, -0.1) is 0 Å². The summed E-state index contributed by atoms with van der Waals surface area (Å²) in [6.45, 7) is 7.47. The third-order valence-corrected chi connectivity index (χ3v) is 4.05. The first-order valence-corrected chi connectivity index (χ1v) is 8.12. The lowest BCUT2D eigenvalue weighted by molar-refractivity contribution is 0.231. The summed E-state index contributed by atoms with van der Waals surface area (Å²) < 4.78 is 6.08. The summed E-state index contributed by atoms with van der Waals surface area (Å²) >= 11 is 3.53. The number of alkyl halides is 1. The van der Waals surface area contributed by atoms with E-state index >= 15 is 0 Å². The number of para-hydroxylation sites is 1. The highest BCUT2D eigenvalue weighted by molar-refractivity contribution is 9.08. The largest absolute Gasteiger partial charge is 0.493 e. The zero-order chi connectivity index (χ0) is 13.4. The van der Waals surface area contributed by atoms with Crippen molar-refractivity contribution in [2.45, 2.75) is 51.8 Å². The van der Waals surface area contributed by atoms with Crippen LogP contribution in [0.2, 0.25) is 0 Å². The van der Waals surface area contributed by atoms with Gasteiger partial charge < -0.3 is 4.74 Å². The smallest absolute Gasteiger partial charge is 0.126 e. The molecule has 1 aromatic rings. The van der Waals surface area contributed by atoms with Gasteiger partial charge in [-0.25, -0.2) is 0 Å². The lowest BCUT2D eigenvalue weighted by Gasteiger charge is -2.18. The minimum atomic E-state index is 0.688. The van der Waals surface area contributed by atoms with Gasteiger partial charge in [-0.1, -0.05) is 67.2 Å². The number of halogens is 1. The Morgan fingerprint density at radius 3 is 2.67 bits per heavy atom. The molecular formula is C16H25BrO. The summed E-state index contributed by atoms with van der Waals surface area (Å²) in [5, 5.41) is 0.857. The molecule has 0 N–H and O–H groups in total. The van der Waals surface area contributed by atoms with E-state index in [4.69, 9.17) is 4.74 Å². The fourth-order valence-corrected chi connectivity index (χ4v) is 2.57. The van der Waals surface area contributed by atoms with Crippen LogP contribution in [0.3, 0.4) is 0 Å². The van der Waals surface area contributed by atoms with Crippen LogP contribution in [0, 0.1) is 12.8 Å². The van der Waals surface area contributed by atoms with Crippen molar-refractivity contribution in [3.05, 3.63) is 29.3 Å². The van der Waals surface area contributed by atoms with Crippen LogP contribution >= 0.6 is 15.9 Å². The molecule has 0 aliphatic carbocycles. The normalized spacial score (nSPS) is 12.4. The highest BCUT2D eigenvalue weighted by Gasteiger charge is 2.10. The quantitative estimate of drug-likeness (QED) is 0.577. The van der Waals surface area contributed by atoms with Crippen LogP contribution in [0.5, 0.6) is 5.75 Å². The van der Waals surface area contributed by atoms with Crippen LogP contribution in [0.4, 0.5) is 0 Å². The minimum Gasteiger partial charge on any atom is -0.493 e. The Morgan fingerprint density at radius 1 is 1.28 bits per heavy atom. The fourth-order valence-electron chi connectivity index (χ4n) is 2.12. The van der Waals surface area contributed by atoms with E-state index in [2.05, 4.69) is 54.9 Å². The molecule has 0 radical (unpaired) electrons. The molecule has 1 atom stereocenters. The van der Waals surface area contributed by atoms with E-state index in [1.165, 1.54) is 36.8 Å². The van der Waals surface area contributed by atoms with Gasteiger partial charge in [0, 0.05) is 10.9 Å². The van der Waals surface area contributed by atoms with Crippen LogP contribution in [0.25, 0.3) is 0 Å². The fraction of sp³-hybridized carbons (Fsp3) is 0.625. The number of aryl methyl sites for hydroxylation is 1. The van der Waals surface area contributed by atoms with Crippen LogP contribution in [0.1, 0.15) is 50.7 Å². The lowest BCUT2D eigenvalue weighted by Crippen LogP contribution is -2.12. The molecule has 0 saturated carbocycles. The van der Waals surface area contributed by atoms with E-state index in [0.717, 1.165) is 17.7 Å². The molecule has 0 spiro atoms. The molecule has 1 nitrogen and oxygen atoms in total. The molecule has 0 fully saturated rings. The highest BCUT2D eigenvalue weighted by Crippen LogP contribution is 2.26. The number of hydrogen-bond donors (Lipinski definition) is 0. The second kappa shape index (κ2) is 8.58. The average molecular weight is 313 g/mol. The highest BCUT2D eigenvalue weighted by atomic mass is 79.9. The molecule has 0 bridgehead atoms. The van der Waals surface area contributed by atoms with Gasteiger partial charge in [0.1, 0.15) is 5.75 Å². The molecule has 102 valence electrons. The summed E-state index contributed by atoms with van der Waals surface area (Å²) in [6, 6.07) is 6.34. The van der Waals surface area contributed by atoms with Gasteiger partial charge in [-0.05, 0) is 24.8 Å². The van der Waals surface area contributed by atoms with Crippen molar-refractivity contribution in [2.24, 2.45) is 5.92 Å². The molecule has 18 heavy (non-hydrogen) atoms. The third kappa shape index (κ3) is 4.64. The van der Waals surface area contributed by atoms with Crippen molar-refractivity contribution in [3.8, 4) is 5.75 Å². The summed E-state index contributed by atoms with van der Waals surface area (Å²) in [6.07, 6.45) is 5.06. The predicted molar refractivity (Wildman–Crippen MR) is 82.6 cm³/mol. The van der Waals surface area contributed by atoms with Crippen molar-refractivity contribution >= 4 is 15.9 Å². The molecule has 0 aliphatic rings. The van der Waals surface area contributed by atoms with Crippen molar-refractivity contribution in [1.82, 2.24) is 0 Å². The molecule has 0 heterocycles. The summed E-state index contributed by atoms with van der Waals surface area (Å²) in [4.78, 5) is 0. The number of ether oxygens (including phenoxy) is 1. The predicted octanol–water partition coefficient (Wildman–Crippen LogP) is 5.49. The first kappa shape index (κ1) is 15.6. The van der Waals surface area contributed by atoms with E-state index in [0.29, 0.717) is 5.92 Å². The Hall–Kier alpha value is -0.500. The van der Waals surface area contributed by atoms with Gasteiger partial charge in [0.2, 0.25) is 0 Å². The van der Waals surface area contributed by atoms with Crippen molar-refractivity contribution in [1.29, 1.82) is 0 Å². The molecule has 0 aliphatic heterocycles. The molecule has 1 unspecified atom stereocenters. The van der Waals surface area contributed by atoms with E-state index in [1.54, 1.807) is 0 Å². The molecule has 0 saturated heterocycles. The average Bonchev–Trinajstić information content (AvgIpc) is 2.40. The van der Waals surface area contributed by atoms with Crippen LogP contribution < -0.4 is 4.74 Å². The molecule has 2 heteroatoms. The molecule has 0 aromatic heterocycles. The zero-order valence-electron chi connectivity index (χ0n) is 11.8. The number of unbranched alkanes of at least 4 members (excludes halogenated alkanes) is 1. The lowest BCUT2D eigenvalue weighted by atomic mass is 10.0. The van der Waals surface area contributed by atoms with Crippen LogP contribution in [-0.2, 0) is 5.33 Å². The zero-order valence-corrected chi connectivity index (χ0v) is 13.4. The number of hydrogen-bond acceptors (Lipinski definition) is 1. The van der Waals surface area contributed by atoms with Crippen LogP contribution in [0.15, 0.2) is 18.2 Å².